The quantitative estimate of drug-likeness (QED) is 0.725. The van der Waals surface area contributed by atoms with E-state index in [1.54, 1.807) is 25.3 Å². The molecule has 134 valence electrons. The van der Waals surface area contributed by atoms with E-state index in [-0.39, 0.29) is 17.7 Å². The van der Waals surface area contributed by atoms with Crippen molar-refractivity contribution in [2.24, 2.45) is 0 Å². The Kier molecular flexibility index (Phi) is 5.24. The molecule has 0 spiro atoms. The van der Waals surface area contributed by atoms with E-state index in [1.807, 2.05) is 0 Å². The van der Waals surface area contributed by atoms with E-state index in [4.69, 9.17) is 27.9 Å². The highest BCUT2D eigenvalue weighted by atomic mass is 35.5. The summed E-state index contributed by atoms with van der Waals surface area (Å²) < 4.78 is 19.8. The molecule has 25 heavy (non-hydrogen) atoms. The van der Waals surface area contributed by atoms with Gasteiger partial charge in [0.05, 0.1) is 11.6 Å². The number of nitrogens with one attached hydrogen (secondary N) is 3. The maximum Gasteiger partial charge on any atom is 0.335 e. The zero-order valence-electron chi connectivity index (χ0n) is 13.4. The molecule has 2 atom stereocenters. The van der Waals surface area contributed by atoms with Crippen molar-refractivity contribution in [1.29, 1.82) is 0 Å². The molecule has 6 nitrogen and oxygen atoms in total. The maximum atomic E-state index is 14.5. The lowest BCUT2D eigenvalue weighted by Gasteiger charge is -2.23. The summed E-state index contributed by atoms with van der Waals surface area (Å²) in [5.74, 6) is -0.481. The molecule has 2 amide bonds. The largest absolute Gasteiger partial charge is 0.491 e. The third-order valence-electron chi connectivity index (χ3n) is 3.82. The number of nitrogens with zero attached hydrogens (tertiary/aromatic N) is 1. The van der Waals surface area contributed by atoms with Gasteiger partial charge in [-0.1, -0.05) is 23.2 Å². The van der Waals surface area contributed by atoms with Crippen LogP contribution in [0.4, 0.5) is 9.18 Å². The highest BCUT2D eigenvalue weighted by Crippen LogP contribution is 2.46. The normalized spacial score (nSPS) is 21.3. The van der Waals surface area contributed by atoms with Crippen LogP contribution in [0.25, 0.3) is 0 Å². The van der Waals surface area contributed by atoms with E-state index in [0.29, 0.717) is 28.6 Å². The molecule has 2 unspecified atom stereocenters. The van der Waals surface area contributed by atoms with Crippen molar-refractivity contribution in [1.82, 2.24) is 21.3 Å². The first-order valence-corrected chi connectivity index (χ1v) is 8.52. The third-order valence-corrected chi connectivity index (χ3v) is 4.38. The Labute approximate surface area is 154 Å². The van der Waals surface area contributed by atoms with Gasteiger partial charge in [-0.15, -0.1) is 0 Å². The smallest absolute Gasteiger partial charge is 0.335 e. The number of ether oxygens (including phenoxy) is 1. The molecule has 1 heterocycles. The highest BCUT2D eigenvalue weighted by molar-refractivity contribution is 6.31. The molecule has 3 N–H and O–H groups in total. The van der Waals surface area contributed by atoms with E-state index >= 15 is 0 Å². The molecule has 1 fully saturated rings. The molecular weight excluding hydrogens is 370 g/mol. The molecule has 1 aliphatic carbocycles. The fourth-order valence-corrected chi connectivity index (χ4v) is 2.97. The molecule has 1 saturated carbocycles. The average molecular weight is 387 g/mol. The summed E-state index contributed by atoms with van der Waals surface area (Å²) in [6.45, 7) is 2.15. The molecule has 1 aromatic carbocycles. The Morgan fingerprint density at radius 1 is 1.48 bits per heavy atom. The molecule has 1 aromatic rings. The van der Waals surface area contributed by atoms with Crippen molar-refractivity contribution in [2.75, 3.05) is 6.61 Å². The molecule has 3 rings (SSSR count). The first kappa shape index (κ1) is 17.7. The fourth-order valence-electron chi connectivity index (χ4n) is 2.58. The highest BCUT2D eigenvalue weighted by Gasteiger charge is 2.43. The first-order chi connectivity index (χ1) is 12.0. The van der Waals surface area contributed by atoms with Gasteiger partial charge in [0.2, 0.25) is 0 Å². The van der Waals surface area contributed by atoms with Crippen LogP contribution in [0.15, 0.2) is 35.6 Å². The number of amides is 2. The Hall–Kier alpha value is -2.12. The van der Waals surface area contributed by atoms with Gasteiger partial charge in [-0.25, -0.2) is 19.7 Å². The Morgan fingerprint density at radius 2 is 2.28 bits per heavy atom. The average Bonchev–Trinajstić information content (AvgIpc) is 3.31. The van der Waals surface area contributed by atoms with Crippen LogP contribution >= 0.6 is 23.2 Å². The van der Waals surface area contributed by atoms with Gasteiger partial charge in [-0.05, 0) is 31.6 Å². The van der Waals surface area contributed by atoms with Crippen LogP contribution in [0.1, 0.15) is 24.8 Å². The number of carbonyl (C=O) groups is 1. The number of hydrogen-bond donors (Lipinski definition) is 3. The minimum atomic E-state index is -0.468. The Balaban J connectivity index is 1.59. The van der Waals surface area contributed by atoms with Gasteiger partial charge in [0, 0.05) is 34.9 Å². The summed E-state index contributed by atoms with van der Waals surface area (Å²) in [6.07, 6.45) is 5.31. The number of hydrazine groups is 2. The number of carbonyl (C=O) groups excluding carboxylic acids is 1. The summed E-state index contributed by atoms with van der Waals surface area (Å²) in [5, 5.41) is 4.97. The molecular formula is C16H17Cl2FN4O2. The monoisotopic (exact) mass is 386 g/mol. The summed E-state index contributed by atoms with van der Waals surface area (Å²) in [6, 6.07) is 2.50. The van der Waals surface area contributed by atoms with Gasteiger partial charge in [0.1, 0.15) is 0 Å². The van der Waals surface area contributed by atoms with Crippen molar-refractivity contribution in [2.45, 2.75) is 25.3 Å². The summed E-state index contributed by atoms with van der Waals surface area (Å²) in [4.78, 5) is 12.0. The van der Waals surface area contributed by atoms with Crippen molar-refractivity contribution in [3.63, 3.8) is 0 Å². The van der Waals surface area contributed by atoms with Gasteiger partial charge >= 0.3 is 6.03 Å². The van der Waals surface area contributed by atoms with Crippen LogP contribution in [0, 0.1) is 5.82 Å². The molecule has 1 aliphatic heterocycles. The van der Waals surface area contributed by atoms with E-state index < -0.39 is 11.8 Å². The van der Waals surface area contributed by atoms with E-state index in [2.05, 4.69) is 16.2 Å². The van der Waals surface area contributed by atoms with Crippen LogP contribution in [0.5, 0.6) is 5.75 Å². The standard InChI is InChI=1S/C16H17Cl2FN4O2/c1-2-25-13-4-3-11(18)14(15(13)19)10-7-12(10)21-16(24)22-23-6-5-9(17)8-20-23/h3-6,8,10,12,20H,2,7H2,1H3,(H2,21,22,24). The van der Waals surface area contributed by atoms with E-state index in [9.17, 15) is 9.18 Å². The van der Waals surface area contributed by atoms with E-state index in [1.165, 1.54) is 17.4 Å². The molecule has 9 heteroatoms. The maximum absolute atomic E-state index is 14.5. The number of hydrogen-bond acceptors (Lipinski definition) is 4. The summed E-state index contributed by atoms with van der Waals surface area (Å²) >= 11 is 11.9. The second-order valence-electron chi connectivity index (χ2n) is 5.58. The molecule has 0 saturated heterocycles. The number of rotatable bonds is 5. The van der Waals surface area contributed by atoms with Crippen molar-refractivity contribution < 1.29 is 13.9 Å². The lowest BCUT2D eigenvalue weighted by Crippen LogP contribution is -2.50. The van der Waals surface area contributed by atoms with Crippen LogP contribution in [-0.4, -0.2) is 23.8 Å². The second kappa shape index (κ2) is 7.41. The predicted octanol–water partition coefficient (Wildman–Crippen LogP) is 3.36. The van der Waals surface area contributed by atoms with Crippen LogP contribution < -0.4 is 20.9 Å². The predicted molar refractivity (Wildman–Crippen MR) is 93.4 cm³/mol. The molecule has 0 radical (unpaired) electrons. The van der Waals surface area contributed by atoms with Crippen molar-refractivity contribution >= 4 is 29.2 Å². The van der Waals surface area contributed by atoms with Crippen LogP contribution in [-0.2, 0) is 0 Å². The van der Waals surface area contributed by atoms with Gasteiger partial charge in [0.15, 0.2) is 11.6 Å². The van der Waals surface area contributed by atoms with Gasteiger partial charge < -0.3 is 10.1 Å². The zero-order chi connectivity index (χ0) is 18.0. The van der Waals surface area contributed by atoms with Gasteiger partial charge in [-0.3, -0.25) is 5.43 Å². The number of halogens is 3. The number of benzene rings is 1. The third kappa shape index (κ3) is 4.11. The second-order valence-corrected chi connectivity index (χ2v) is 6.43. The zero-order valence-corrected chi connectivity index (χ0v) is 14.9. The lowest BCUT2D eigenvalue weighted by atomic mass is 10.1. The van der Waals surface area contributed by atoms with Crippen molar-refractivity contribution in [3.05, 3.63) is 52.0 Å². The van der Waals surface area contributed by atoms with Crippen LogP contribution in [0.2, 0.25) is 5.02 Å². The molecule has 2 aliphatic rings. The lowest BCUT2D eigenvalue weighted by molar-refractivity contribution is 0.189. The SMILES string of the molecule is CCOc1ccc(Cl)c(C2CC2NC(=O)NN2C=CC(Cl)=CN2)c1F. The van der Waals surface area contributed by atoms with E-state index in [0.717, 1.165) is 0 Å². The Morgan fingerprint density at radius 3 is 2.96 bits per heavy atom. The minimum absolute atomic E-state index is 0.170. The van der Waals surface area contributed by atoms with Crippen molar-refractivity contribution in [3.8, 4) is 5.75 Å². The van der Waals surface area contributed by atoms with Gasteiger partial charge in [-0.2, -0.15) is 0 Å². The summed E-state index contributed by atoms with van der Waals surface area (Å²) in [5.41, 5.74) is 5.71. The fraction of sp³-hybridized carbons (Fsp3) is 0.312. The number of allylic oxidation sites excluding steroid dienone is 2. The van der Waals surface area contributed by atoms with Gasteiger partial charge in [0.25, 0.3) is 0 Å². The molecule has 0 bridgehead atoms. The summed E-state index contributed by atoms with van der Waals surface area (Å²) in [7, 11) is 0. The first-order valence-electron chi connectivity index (χ1n) is 7.76. The Bertz CT molecular complexity index is 741. The van der Waals surface area contributed by atoms with Crippen LogP contribution in [0.3, 0.4) is 0 Å². The topological polar surface area (TPSA) is 65.6 Å². The molecule has 0 aromatic heterocycles. The number of urea groups is 1. The minimum Gasteiger partial charge on any atom is -0.491 e.